The Kier molecular flexibility index (Phi) is 8.57. The average molecular weight is 203 g/mol. The Morgan fingerprint density at radius 1 is 1.36 bits per heavy atom. The van der Waals surface area contributed by atoms with Crippen LogP contribution in [0, 0.1) is 0 Å². The molecule has 1 unspecified atom stereocenters. The third-order valence-electron chi connectivity index (χ3n) is 1.93. The minimum atomic E-state index is -0.545. The van der Waals surface area contributed by atoms with Crippen LogP contribution in [0.4, 0.5) is 0 Å². The number of hydrogen-bond donors (Lipinski definition) is 1. The number of carbonyl (C=O) groups excluding carboxylic acids is 1. The van der Waals surface area contributed by atoms with Crippen molar-refractivity contribution in [3.8, 4) is 0 Å². The predicted octanol–water partition coefficient (Wildman–Crippen LogP) is 1.08. The van der Waals surface area contributed by atoms with E-state index in [1.54, 1.807) is 7.11 Å². The molecule has 0 amide bonds. The van der Waals surface area contributed by atoms with Crippen LogP contribution >= 0.6 is 0 Å². The monoisotopic (exact) mass is 203 g/mol. The van der Waals surface area contributed by atoms with Gasteiger partial charge in [-0.15, -0.1) is 0 Å². The topological polar surface area (TPSA) is 61.5 Å². The molecule has 0 aliphatic heterocycles. The number of unbranched alkanes of at least 4 members (excludes halogenated alkanes) is 2. The summed E-state index contributed by atoms with van der Waals surface area (Å²) in [4.78, 5) is 11.2. The van der Waals surface area contributed by atoms with Gasteiger partial charge >= 0.3 is 5.97 Å². The van der Waals surface area contributed by atoms with Crippen LogP contribution in [0.25, 0.3) is 0 Å². The van der Waals surface area contributed by atoms with Crippen molar-refractivity contribution < 1.29 is 14.3 Å². The van der Waals surface area contributed by atoms with E-state index in [2.05, 4.69) is 6.92 Å². The molecule has 0 spiro atoms. The predicted molar refractivity (Wildman–Crippen MR) is 55.0 cm³/mol. The quantitative estimate of drug-likeness (QED) is 0.473. The number of rotatable bonds is 8. The van der Waals surface area contributed by atoms with E-state index in [0.717, 1.165) is 19.3 Å². The van der Waals surface area contributed by atoms with Gasteiger partial charge in [-0.1, -0.05) is 19.8 Å². The maximum Gasteiger partial charge on any atom is 0.322 e. The summed E-state index contributed by atoms with van der Waals surface area (Å²) in [5, 5.41) is 0. The Hall–Kier alpha value is -0.610. The maximum absolute atomic E-state index is 11.2. The zero-order valence-corrected chi connectivity index (χ0v) is 9.12. The lowest BCUT2D eigenvalue weighted by Crippen LogP contribution is -2.33. The van der Waals surface area contributed by atoms with E-state index in [-0.39, 0.29) is 5.97 Å². The van der Waals surface area contributed by atoms with E-state index >= 15 is 0 Å². The van der Waals surface area contributed by atoms with Crippen molar-refractivity contribution in [3.63, 3.8) is 0 Å². The zero-order valence-electron chi connectivity index (χ0n) is 9.12. The largest absolute Gasteiger partial charge is 0.465 e. The molecule has 4 heteroatoms. The van der Waals surface area contributed by atoms with Crippen LogP contribution in [-0.4, -0.2) is 32.3 Å². The molecule has 0 saturated carbocycles. The minimum Gasteiger partial charge on any atom is -0.465 e. The van der Waals surface area contributed by atoms with Crippen LogP contribution in [0.1, 0.15) is 32.6 Å². The Morgan fingerprint density at radius 2 is 2.07 bits per heavy atom. The smallest absolute Gasteiger partial charge is 0.322 e. The molecule has 2 N–H and O–H groups in total. The van der Waals surface area contributed by atoms with Gasteiger partial charge in [-0.3, -0.25) is 4.79 Å². The van der Waals surface area contributed by atoms with E-state index in [9.17, 15) is 4.79 Å². The Bertz CT molecular complexity index is 150. The third kappa shape index (κ3) is 6.86. The summed E-state index contributed by atoms with van der Waals surface area (Å²) in [6.45, 7) is 3.07. The highest BCUT2D eigenvalue weighted by molar-refractivity contribution is 5.75. The molecule has 1 atom stereocenters. The van der Waals surface area contributed by atoms with Crippen molar-refractivity contribution in [1.82, 2.24) is 0 Å². The highest BCUT2D eigenvalue weighted by Crippen LogP contribution is 1.97. The molecule has 0 rings (SSSR count). The number of esters is 1. The third-order valence-corrected chi connectivity index (χ3v) is 1.93. The molecule has 14 heavy (non-hydrogen) atoms. The SMILES string of the molecule is CCCCCOC(=O)C(N)CCOC. The van der Waals surface area contributed by atoms with Crippen LogP contribution in [0.15, 0.2) is 0 Å². The first-order valence-electron chi connectivity index (χ1n) is 5.13. The van der Waals surface area contributed by atoms with Gasteiger partial charge in [0.1, 0.15) is 6.04 Å². The maximum atomic E-state index is 11.2. The van der Waals surface area contributed by atoms with Crippen molar-refractivity contribution in [1.29, 1.82) is 0 Å². The van der Waals surface area contributed by atoms with Gasteiger partial charge in [-0.05, 0) is 12.8 Å². The second-order valence-electron chi connectivity index (χ2n) is 3.26. The van der Waals surface area contributed by atoms with Crippen molar-refractivity contribution in [3.05, 3.63) is 0 Å². The van der Waals surface area contributed by atoms with Crippen molar-refractivity contribution in [2.75, 3.05) is 20.3 Å². The highest BCUT2D eigenvalue weighted by Gasteiger charge is 2.13. The number of methoxy groups -OCH3 is 1. The zero-order chi connectivity index (χ0) is 10.8. The summed E-state index contributed by atoms with van der Waals surface area (Å²) >= 11 is 0. The first-order valence-corrected chi connectivity index (χ1v) is 5.13. The molecule has 0 aromatic heterocycles. The molecule has 4 nitrogen and oxygen atoms in total. The fourth-order valence-electron chi connectivity index (χ4n) is 0.995. The molecule has 0 bridgehead atoms. The van der Waals surface area contributed by atoms with E-state index in [0.29, 0.717) is 19.6 Å². The fraction of sp³-hybridized carbons (Fsp3) is 0.900. The Morgan fingerprint density at radius 3 is 2.64 bits per heavy atom. The second kappa shape index (κ2) is 8.97. The summed E-state index contributed by atoms with van der Waals surface area (Å²) in [6.07, 6.45) is 3.64. The van der Waals surface area contributed by atoms with Crippen molar-refractivity contribution >= 4 is 5.97 Å². The number of ether oxygens (including phenoxy) is 2. The first-order chi connectivity index (χ1) is 6.72. The number of carbonyl (C=O) groups is 1. The van der Waals surface area contributed by atoms with Crippen molar-refractivity contribution in [2.24, 2.45) is 5.73 Å². The van der Waals surface area contributed by atoms with Crippen LogP contribution in [0.2, 0.25) is 0 Å². The Balaban J connectivity index is 3.42. The van der Waals surface area contributed by atoms with Crippen LogP contribution < -0.4 is 5.73 Å². The summed E-state index contributed by atoms with van der Waals surface area (Å²) in [6, 6.07) is -0.545. The number of hydrogen-bond acceptors (Lipinski definition) is 4. The van der Waals surface area contributed by atoms with Crippen LogP contribution in [-0.2, 0) is 14.3 Å². The molecule has 0 aromatic carbocycles. The molecule has 0 aromatic rings. The molecule has 0 aliphatic carbocycles. The van der Waals surface area contributed by atoms with Crippen LogP contribution in [0.3, 0.4) is 0 Å². The van der Waals surface area contributed by atoms with Gasteiger partial charge in [0.05, 0.1) is 6.61 Å². The van der Waals surface area contributed by atoms with Gasteiger partial charge < -0.3 is 15.2 Å². The lowest BCUT2D eigenvalue weighted by molar-refractivity contribution is -0.145. The molecule has 0 heterocycles. The summed E-state index contributed by atoms with van der Waals surface area (Å²) in [5.74, 6) is -0.321. The van der Waals surface area contributed by atoms with Crippen LogP contribution in [0.5, 0.6) is 0 Å². The summed E-state index contributed by atoms with van der Waals surface area (Å²) < 4.78 is 9.80. The standard InChI is InChI=1S/C10H21NO3/c1-3-4-5-7-14-10(12)9(11)6-8-13-2/h9H,3-8,11H2,1-2H3. The molecular weight excluding hydrogens is 182 g/mol. The first kappa shape index (κ1) is 13.4. The highest BCUT2D eigenvalue weighted by atomic mass is 16.5. The van der Waals surface area contributed by atoms with Gasteiger partial charge in [-0.2, -0.15) is 0 Å². The lowest BCUT2D eigenvalue weighted by atomic mass is 10.2. The molecule has 0 saturated heterocycles. The summed E-state index contributed by atoms with van der Waals surface area (Å²) in [7, 11) is 1.58. The van der Waals surface area contributed by atoms with E-state index in [1.165, 1.54) is 0 Å². The normalized spacial score (nSPS) is 12.5. The fourth-order valence-corrected chi connectivity index (χ4v) is 0.995. The molecular formula is C10H21NO3. The van der Waals surface area contributed by atoms with E-state index in [4.69, 9.17) is 15.2 Å². The second-order valence-corrected chi connectivity index (χ2v) is 3.26. The van der Waals surface area contributed by atoms with E-state index < -0.39 is 6.04 Å². The Labute approximate surface area is 85.8 Å². The lowest BCUT2D eigenvalue weighted by Gasteiger charge is -2.10. The molecule has 0 fully saturated rings. The number of nitrogens with two attached hydrogens (primary N) is 1. The molecule has 0 radical (unpaired) electrons. The van der Waals surface area contributed by atoms with Gasteiger partial charge in [-0.25, -0.2) is 0 Å². The van der Waals surface area contributed by atoms with E-state index in [1.807, 2.05) is 0 Å². The average Bonchev–Trinajstić information content (AvgIpc) is 2.20. The minimum absolute atomic E-state index is 0.321. The van der Waals surface area contributed by atoms with Gasteiger partial charge in [0, 0.05) is 13.7 Å². The van der Waals surface area contributed by atoms with Gasteiger partial charge in [0.15, 0.2) is 0 Å². The van der Waals surface area contributed by atoms with Gasteiger partial charge in [0.2, 0.25) is 0 Å². The molecule has 0 aliphatic rings. The van der Waals surface area contributed by atoms with Crippen molar-refractivity contribution in [2.45, 2.75) is 38.6 Å². The molecule has 84 valence electrons. The van der Waals surface area contributed by atoms with Gasteiger partial charge in [0.25, 0.3) is 0 Å². The summed E-state index contributed by atoms with van der Waals surface area (Å²) in [5.41, 5.74) is 5.56.